The largest absolute Gasteiger partial charge is 0.436 e. The van der Waals surface area contributed by atoms with E-state index in [9.17, 15) is 0 Å². The van der Waals surface area contributed by atoms with E-state index in [2.05, 4.69) is 83.8 Å². The number of hydrogen-bond acceptors (Lipinski definition) is 4. The third-order valence-corrected chi connectivity index (χ3v) is 7.56. The van der Waals surface area contributed by atoms with Crippen LogP contribution in [-0.2, 0) is 0 Å². The van der Waals surface area contributed by atoms with Gasteiger partial charge in [0.2, 0.25) is 5.89 Å². The zero-order valence-electron chi connectivity index (χ0n) is 22.0. The van der Waals surface area contributed by atoms with E-state index in [1.54, 1.807) is 0 Å². The summed E-state index contributed by atoms with van der Waals surface area (Å²) in [7, 11) is 0. The van der Waals surface area contributed by atoms with Crippen LogP contribution in [0.15, 0.2) is 144 Å². The Hall–Kier alpha value is -5.61. The third kappa shape index (κ3) is 4.14. The molecule has 8 rings (SSSR count). The predicted octanol–water partition coefficient (Wildman–Crippen LogP) is 9.59. The van der Waals surface area contributed by atoms with Crippen LogP contribution in [0.1, 0.15) is 0 Å². The number of fused-ring (bicyclic) bond motifs is 4. The molecule has 41 heavy (non-hydrogen) atoms. The molecule has 0 aliphatic carbocycles. The molecule has 0 radical (unpaired) electrons. The average Bonchev–Trinajstić information content (AvgIpc) is 3.49. The molecule has 4 heteroatoms. The SMILES string of the molecule is c1ccc(-c2cccc(-c3cc(-c4nc5ccccc5o4)cc(-c4cc5ccccc5c5ncccc45)c3)c2)nc1. The van der Waals surface area contributed by atoms with E-state index >= 15 is 0 Å². The van der Waals surface area contributed by atoms with E-state index in [-0.39, 0.29) is 0 Å². The number of hydrogen-bond donors (Lipinski definition) is 0. The van der Waals surface area contributed by atoms with E-state index < -0.39 is 0 Å². The first-order valence-electron chi connectivity index (χ1n) is 13.6. The van der Waals surface area contributed by atoms with Crippen LogP contribution in [0.25, 0.3) is 77.7 Å². The Morgan fingerprint density at radius 3 is 2.17 bits per heavy atom. The van der Waals surface area contributed by atoms with E-state index in [0.29, 0.717) is 5.89 Å². The Labute approximate surface area is 236 Å². The second-order valence-electron chi connectivity index (χ2n) is 10.1. The van der Waals surface area contributed by atoms with Crippen molar-refractivity contribution in [2.45, 2.75) is 0 Å². The molecule has 0 saturated carbocycles. The van der Waals surface area contributed by atoms with Crippen molar-refractivity contribution < 1.29 is 4.42 Å². The first-order chi connectivity index (χ1) is 20.3. The van der Waals surface area contributed by atoms with Crippen molar-refractivity contribution in [3.05, 3.63) is 140 Å². The molecular formula is C37H23N3O. The molecule has 4 nitrogen and oxygen atoms in total. The second-order valence-corrected chi connectivity index (χ2v) is 10.1. The van der Waals surface area contributed by atoms with E-state index in [0.717, 1.165) is 71.8 Å². The molecule has 0 unspecified atom stereocenters. The summed E-state index contributed by atoms with van der Waals surface area (Å²) < 4.78 is 6.25. The number of aromatic nitrogens is 3. The molecule has 0 N–H and O–H groups in total. The molecule has 0 aliphatic heterocycles. The first-order valence-corrected chi connectivity index (χ1v) is 13.6. The molecule has 0 fully saturated rings. The number of para-hydroxylation sites is 2. The summed E-state index contributed by atoms with van der Waals surface area (Å²) in [6.07, 6.45) is 3.69. The van der Waals surface area contributed by atoms with Crippen molar-refractivity contribution in [3.63, 3.8) is 0 Å². The number of pyridine rings is 2. The highest BCUT2D eigenvalue weighted by Crippen LogP contribution is 2.39. The van der Waals surface area contributed by atoms with Crippen molar-refractivity contribution in [2.24, 2.45) is 0 Å². The van der Waals surface area contributed by atoms with Gasteiger partial charge in [-0.2, -0.15) is 0 Å². The van der Waals surface area contributed by atoms with Gasteiger partial charge in [0.05, 0.1) is 11.2 Å². The van der Waals surface area contributed by atoms with Crippen molar-refractivity contribution in [1.29, 1.82) is 0 Å². The van der Waals surface area contributed by atoms with Crippen LogP contribution in [0.3, 0.4) is 0 Å². The van der Waals surface area contributed by atoms with E-state index in [4.69, 9.17) is 14.4 Å². The molecule has 0 bridgehead atoms. The fourth-order valence-electron chi connectivity index (χ4n) is 5.61. The second kappa shape index (κ2) is 9.54. The first kappa shape index (κ1) is 23.3. The average molecular weight is 526 g/mol. The minimum atomic E-state index is 0.596. The van der Waals surface area contributed by atoms with Gasteiger partial charge in [0.25, 0.3) is 0 Å². The Bertz CT molecular complexity index is 2180. The number of nitrogens with zero attached hydrogens (tertiary/aromatic N) is 3. The van der Waals surface area contributed by atoms with Crippen LogP contribution < -0.4 is 0 Å². The Kier molecular flexibility index (Phi) is 5.42. The molecule has 0 aliphatic rings. The molecule has 192 valence electrons. The monoisotopic (exact) mass is 525 g/mol. The quantitative estimate of drug-likeness (QED) is 0.215. The van der Waals surface area contributed by atoms with Crippen molar-refractivity contribution in [1.82, 2.24) is 15.0 Å². The van der Waals surface area contributed by atoms with Crippen molar-refractivity contribution >= 4 is 32.8 Å². The summed E-state index contributed by atoms with van der Waals surface area (Å²) >= 11 is 0. The summed E-state index contributed by atoms with van der Waals surface area (Å²) in [6.45, 7) is 0. The van der Waals surface area contributed by atoms with Crippen LogP contribution >= 0.6 is 0 Å². The van der Waals surface area contributed by atoms with Gasteiger partial charge >= 0.3 is 0 Å². The summed E-state index contributed by atoms with van der Waals surface area (Å²) in [6, 6.07) is 43.8. The van der Waals surface area contributed by atoms with Crippen LogP contribution in [-0.4, -0.2) is 15.0 Å². The van der Waals surface area contributed by atoms with Crippen molar-refractivity contribution in [3.8, 4) is 45.0 Å². The van der Waals surface area contributed by atoms with Gasteiger partial charge in [-0.25, -0.2) is 4.98 Å². The number of benzene rings is 5. The maximum atomic E-state index is 6.25. The molecule has 0 spiro atoms. The summed E-state index contributed by atoms with van der Waals surface area (Å²) in [5.41, 5.74) is 9.89. The lowest BCUT2D eigenvalue weighted by atomic mass is 9.91. The van der Waals surface area contributed by atoms with Gasteiger partial charge in [-0.15, -0.1) is 0 Å². The van der Waals surface area contributed by atoms with Gasteiger partial charge in [0.15, 0.2) is 5.58 Å². The highest BCUT2D eigenvalue weighted by Gasteiger charge is 2.16. The minimum Gasteiger partial charge on any atom is -0.436 e. The van der Waals surface area contributed by atoms with Crippen LogP contribution in [0.2, 0.25) is 0 Å². The molecule has 8 aromatic rings. The minimum absolute atomic E-state index is 0.596. The van der Waals surface area contributed by atoms with E-state index in [1.807, 2.05) is 60.9 Å². The van der Waals surface area contributed by atoms with Gasteiger partial charge in [0, 0.05) is 34.3 Å². The fourth-order valence-corrected chi connectivity index (χ4v) is 5.61. The molecule has 3 heterocycles. The molecule has 0 saturated heterocycles. The van der Waals surface area contributed by atoms with Crippen molar-refractivity contribution in [2.75, 3.05) is 0 Å². The van der Waals surface area contributed by atoms with Crippen LogP contribution in [0.5, 0.6) is 0 Å². The van der Waals surface area contributed by atoms with Gasteiger partial charge in [0.1, 0.15) is 5.52 Å². The van der Waals surface area contributed by atoms with Crippen LogP contribution in [0.4, 0.5) is 0 Å². The van der Waals surface area contributed by atoms with Crippen LogP contribution in [0, 0.1) is 0 Å². The fraction of sp³-hybridized carbons (Fsp3) is 0. The molecule has 3 aromatic heterocycles. The molecular weight excluding hydrogens is 502 g/mol. The maximum absolute atomic E-state index is 6.25. The normalized spacial score (nSPS) is 11.4. The van der Waals surface area contributed by atoms with Gasteiger partial charge in [-0.3, -0.25) is 9.97 Å². The Balaban J connectivity index is 1.39. The standard InChI is InChI=1S/C37H23N3O/c1-2-12-30-25(9-1)23-32(31-13-8-18-39-36(30)31)28-20-27(24-10-7-11-26(19-24)33-14-5-6-17-38-33)21-29(22-28)37-40-34-15-3-4-16-35(34)41-37/h1-23H. The predicted molar refractivity (Wildman–Crippen MR) is 166 cm³/mol. The lowest BCUT2D eigenvalue weighted by molar-refractivity contribution is 0.620. The van der Waals surface area contributed by atoms with E-state index in [1.165, 1.54) is 0 Å². The number of rotatable bonds is 4. The molecule has 5 aromatic carbocycles. The highest BCUT2D eigenvalue weighted by molar-refractivity contribution is 6.12. The van der Waals surface area contributed by atoms with Gasteiger partial charge in [-0.1, -0.05) is 66.7 Å². The highest BCUT2D eigenvalue weighted by atomic mass is 16.3. The summed E-state index contributed by atoms with van der Waals surface area (Å²) in [5.74, 6) is 0.596. The zero-order chi connectivity index (χ0) is 27.2. The summed E-state index contributed by atoms with van der Waals surface area (Å²) in [4.78, 5) is 14.2. The maximum Gasteiger partial charge on any atom is 0.227 e. The van der Waals surface area contributed by atoms with Gasteiger partial charge in [-0.05, 0) is 88.3 Å². The lowest BCUT2D eigenvalue weighted by Crippen LogP contribution is -1.90. The molecule has 0 atom stereocenters. The summed E-state index contributed by atoms with van der Waals surface area (Å²) in [5, 5.41) is 3.40. The van der Waals surface area contributed by atoms with Gasteiger partial charge < -0.3 is 4.42 Å². The smallest absolute Gasteiger partial charge is 0.227 e. The topological polar surface area (TPSA) is 51.8 Å². The Morgan fingerprint density at radius 1 is 0.488 bits per heavy atom. The molecule has 0 amide bonds. The third-order valence-electron chi connectivity index (χ3n) is 7.56. The Morgan fingerprint density at radius 2 is 1.24 bits per heavy atom. The zero-order valence-corrected chi connectivity index (χ0v) is 22.0. The number of oxazole rings is 1. The lowest BCUT2D eigenvalue weighted by Gasteiger charge is -2.14.